The van der Waals surface area contributed by atoms with E-state index in [0.717, 1.165) is 5.56 Å². The second kappa shape index (κ2) is 4.59. The summed E-state index contributed by atoms with van der Waals surface area (Å²) in [5.74, 6) is -1.33. The van der Waals surface area contributed by atoms with Gasteiger partial charge in [0, 0.05) is 6.42 Å². The van der Waals surface area contributed by atoms with Crippen molar-refractivity contribution in [2.24, 2.45) is 0 Å². The summed E-state index contributed by atoms with van der Waals surface area (Å²) in [7, 11) is 0. The van der Waals surface area contributed by atoms with Crippen molar-refractivity contribution >= 4 is 5.97 Å². The van der Waals surface area contributed by atoms with Crippen molar-refractivity contribution in [2.75, 3.05) is 6.61 Å². The first-order chi connectivity index (χ1) is 7.65. The van der Waals surface area contributed by atoms with E-state index in [-0.39, 0.29) is 12.4 Å². The maximum Gasteiger partial charge on any atom is 0.335 e. The smallest absolute Gasteiger partial charge is 0.335 e. The molecule has 1 aromatic carbocycles. The van der Waals surface area contributed by atoms with Gasteiger partial charge in [0.15, 0.2) is 12.4 Å². The summed E-state index contributed by atoms with van der Waals surface area (Å²) in [6.07, 6.45) is -1.04. The van der Waals surface area contributed by atoms with Gasteiger partial charge in [-0.05, 0) is 17.7 Å². The Bertz CT molecular complexity index is 376. The van der Waals surface area contributed by atoms with Crippen molar-refractivity contribution in [3.05, 3.63) is 35.6 Å². The fraction of sp³-hybridized carbons (Fsp3) is 0.364. The molecule has 0 radical (unpaired) electrons. The molecule has 0 saturated carbocycles. The molecule has 1 aliphatic rings. The number of halogens is 1. The largest absolute Gasteiger partial charge is 0.479 e. The van der Waals surface area contributed by atoms with Crippen molar-refractivity contribution in [3.63, 3.8) is 0 Å². The van der Waals surface area contributed by atoms with E-state index in [1.54, 1.807) is 12.1 Å². The summed E-state index contributed by atoms with van der Waals surface area (Å²) in [4.78, 5) is 10.6. The predicted octanol–water partition coefficient (Wildman–Crippen LogP) is 1.19. The molecule has 5 heteroatoms. The minimum Gasteiger partial charge on any atom is -0.479 e. The number of carboxylic acids is 1. The topological polar surface area (TPSA) is 55.8 Å². The molecule has 0 aliphatic carbocycles. The fourth-order valence-electron chi connectivity index (χ4n) is 1.51. The summed E-state index contributed by atoms with van der Waals surface area (Å²) in [6, 6.07) is 5.93. The van der Waals surface area contributed by atoms with E-state index in [1.165, 1.54) is 12.1 Å². The van der Waals surface area contributed by atoms with Gasteiger partial charge in [-0.25, -0.2) is 9.18 Å². The number of ether oxygens (including phenoxy) is 2. The van der Waals surface area contributed by atoms with Gasteiger partial charge in [-0.1, -0.05) is 12.1 Å². The summed E-state index contributed by atoms with van der Waals surface area (Å²) in [5, 5.41) is 8.68. The van der Waals surface area contributed by atoms with E-state index in [9.17, 15) is 9.18 Å². The van der Waals surface area contributed by atoms with E-state index in [4.69, 9.17) is 14.6 Å². The number of rotatable bonds is 3. The van der Waals surface area contributed by atoms with E-state index in [0.29, 0.717) is 6.42 Å². The summed E-state index contributed by atoms with van der Waals surface area (Å²) in [5.41, 5.74) is 0.845. The van der Waals surface area contributed by atoms with Crippen molar-refractivity contribution in [1.29, 1.82) is 0 Å². The van der Waals surface area contributed by atoms with Crippen LogP contribution < -0.4 is 0 Å². The third kappa shape index (κ3) is 2.56. The van der Waals surface area contributed by atoms with E-state index >= 15 is 0 Å². The van der Waals surface area contributed by atoms with Gasteiger partial charge in [0.2, 0.25) is 0 Å². The molecular weight excluding hydrogens is 215 g/mol. The van der Waals surface area contributed by atoms with Crippen molar-refractivity contribution in [3.8, 4) is 0 Å². The molecule has 16 heavy (non-hydrogen) atoms. The lowest BCUT2D eigenvalue weighted by atomic mass is 10.1. The molecule has 1 heterocycles. The van der Waals surface area contributed by atoms with Crippen LogP contribution in [0.15, 0.2) is 24.3 Å². The van der Waals surface area contributed by atoms with Crippen LogP contribution in [0.3, 0.4) is 0 Å². The van der Waals surface area contributed by atoms with E-state index < -0.39 is 18.4 Å². The molecule has 1 fully saturated rings. The SMILES string of the molecule is O=C(O)C1COC(Cc2ccc(F)cc2)O1. The zero-order chi connectivity index (χ0) is 11.5. The van der Waals surface area contributed by atoms with Crippen LogP contribution >= 0.6 is 0 Å². The Morgan fingerprint density at radius 2 is 2.12 bits per heavy atom. The van der Waals surface area contributed by atoms with Crippen molar-refractivity contribution < 1.29 is 23.8 Å². The Morgan fingerprint density at radius 3 is 2.69 bits per heavy atom. The highest BCUT2D eigenvalue weighted by Crippen LogP contribution is 2.16. The number of hydrogen-bond acceptors (Lipinski definition) is 3. The van der Waals surface area contributed by atoms with Gasteiger partial charge in [0.1, 0.15) is 5.82 Å². The third-order valence-corrected chi connectivity index (χ3v) is 2.34. The van der Waals surface area contributed by atoms with Gasteiger partial charge >= 0.3 is 5.97 Å². The zero-order valence-corrected chi connectivity index (χ0v) is 8.43. The van der Waals surface area contributed by atoms with Crippen LogP contribution in [0.1, 0.15) is 5.56 Å². The second-order valence-electron chi connectivity index (χ2n) is 3.56. The van der Waals surface area contributed by atoms with Crippen LogP contribution in [0, 0.1) is 5.82 Å². The first-order valence-corrected chi connectivity index (χ1v) is 4.89. The highest BCUT2D eigenvalue weighted by atomic mass is 19.1. The van der Waals surface area contributed by atoms with Crippen molar-refractivity contribution in [2.45, 2.75) is 18.8 Å². The Kier molecular flexibility index (Phi) is 3.17. The first-order valence-electron chi connectivity index (χ1n) is 4.89. The molecule has 0 amide bonds. The molecule has 86 valence electrons. The minimum atomic E-state index is -1.03. The second-order valence-corrected chi connectivity index (χ2v) is 3.56. The number of carbonyl (C=O) groups is 1. The molecule has 2 unspecified atom stereocenters. The predicted molar refractivity (Wildman–Crippen MR) is 52.4 cm³/mol. The number of aliphatic carboxylic acids is 1. The van der Waals surface area contributed by atoms with Crippen LogP contribution in [0.25, 0.3) is 0 Å². The normalized spacial score (nSPS) is 24.6. The summed E-state index contributed by atoms with van der Waals surface area (Å²) >= 11 is 0. The van der Waals surface area contributed by atoms with Crippen LogP contribution in [0.2, 0.25) is 0 Å². The standard InChI is InChI=1S/C11H11FO4/c12-8-3-1-7(2-4-8)5-10-15-6-9(16-10)11(13)14/h1-4,9-10H,5-6H2,(H,13,14). The van der Waals surface area contributed by atoms with Gasteiger partial charge < -0.3 is 14.6 Å². The maximum absolute atomic E-state index is 12.6. The van der Waals surface area contributed by atoms with Gasteiger partial charge in [-0.15, -0.1) is 0 Å². The van der Waals surface area contributed by atoms with Gasteiger partial charge in [0.05, 0.1) is 6.61 Å². The molecule has 2 atom stereocenters. The molecule has 0 bridgehead atoms. The minimum absolute atomic E-state index is 0.0567. The lowest BCUT2D eigenvalue weighted by Gasteiger charge is -2.09. The Morgan fingerprint density at radius 1 is 1.44 bits per heavy atom. The highest BCUT2D eigenvalue weighted by molar-refractivity contribution is 5.72. The number of hydrogen-bond donors (Lipinski definition) is 1. The van der Waals surface area contributed by atoms with Crippen LogP contribution in [0.5, 0.6) is 0 Å². The molecular formula is C11H11FO4. The molecule has 1 aromatic rings. The average molecular weight is 226 g/mol. The highest BCUT2D eigenvalue weighted by Gasteiger charge is 2.31. The first kappa shape index (κ1) is 11.0. The Balaban J connectivity index is 1.92. The van der Waals surface area contributed by atoms with Crippen LogP contribution in [0.4, 0.5) is 4.39 Å². The fourth-order valence-corrected chi connectivity index (χ4v) is 1.51. The molecule has 1 N–H and O–H groups in total. The number of benzene rings is 1. The van der Waals surface area contributed by atoms with Gasteiger partial charge in [-0.2, -0.15) is 0 Å². The molecule has 1 aliphatic heterocycles. The third-order valence-electron chi connectivity index (χ3n) is 2.34. The van der Waals surface area contributed by atoms with Gasteiger partial charge in [-0.3, -0.25) is 0 Å². The van der Waals surface area contributed by atoms with E-state index in [2.05, 4.69) is 0 Å². The summed E-state index contributed by atoms with van der Waals surface area (Å²) in [6.45, 7) is 0.0567. The van der Waals surface area contributed by atoms with Crippen LogP contribution in [-0.2, 0) is 20.7 Å². The Hall–Kier alpha value is -1.46. The molecule has 0 spiro atoms. The summed E-state index contributed by atoms with van der Waals surface area (Å²) < 4.78 is 22.9. The molecule has 4 nitrogen and oxygen atoms in total. The van der Waals surface area contributed by atoms with Crippen molar-refractivity contribution in [1.82, 2.24) is 0 Å². The lowest BCUT2D eigenvalue weighted by molar-refractivity contribution is -0.150. The molecule has 1 saturated heterocycles. The number of carboxylic acid groups (broad SMARTS) is 1. The Labute approximate surface area is 91.6 Å². The average Bonchev–Trinajstić information content (AvgIpc) is 2.70. The maximum atomic E-state index is 12.6. The molecule has 2 rings (SSSR count). The van der Waals surface area contributed by atoms with E-state index in [1.807, 2.05) is 0 Å². The van der Waals surface area contributed by atoms with Gasteiger partial charge in [0.25, 0.3) is 0 Å². The van der Waals surface area contributed by atoms with Crippen LogP contribution in [-0.4, -0.2) is 30.1 Å². The lowest BCUT2D eigenvalue weighted by Crippen LogP contribution is -2.23. The monoisotopic (exact) mass is 226 g/mol. The zero-order valence-electron chi connectivity index (χ0n) is 8.43. The molecule has 0 aromatic heterocycles. The quantitative estimate of drug-likeness (QED) is 0.841.